The van der Waals surface area contributed by atoms with Gasteiger partial charge in [-0.3, -0.25) is 14.3 Å². The Morgan fingerprint density at radius 2 is 1.84 bits per heavy atom. The first kappa shape index (κ1) is 25.3. The molecule has 9 heteroatoms. The van der Waals surface area contributed by atoms with Crippen molar-refractivity contribution in [1.82, 2.24) is 19.9 Å². The third-order valence-corrected chi connectivity index (χ3v) is 6.89. The van der Waals surface area contributed by atoms with Crippen LogP contribution >= 0.6 is 0 Å². The molecule has 1 saturated heterocycles. The zero-order valence-electron chi connectivity index (χ0n) is 21.3. The fourth-order valence-corrected chi connectivity index (χ4v) is 4.83. The highest BCUT2D eigenvalue weighted by Gasteiger charge is 2.22. The molecule has 0 radical (unpaired) electrons. The lowest BCUT2D eigenvalue weighted by atomic mass is 9.98. The second-order valence-electron chi connectivity index (χ2n) is 9.36. The Kier molecular flexibility index (Phi) is 7.76. The van der Waals surface area contributed by atoms with Crippen molar-refractivity contribution < 1.29 is 14.7 Å². The van der Waals surface area contributed by atoms with Gasteiger partial charge in [-0.15, -0.1) is 0 Å². The van der Waals surface area contributed by atoms with E-state index in [1.54, 1.807) is 10.6 Å². The molecule has 2 aromatic carbocycles. The SMILES string of the molecule is CCCc1nc(C(C)N2CCOCC2)cc(=O)n1Cc1ccc(-c2ccccc2C2=NC(O)ON2)cc1. The van der Waals surface area contributed by atoms with Gasteiger partial charge in [-0.1, -0.05) is 55.5 Å². The standard InChI is InChI=1S/C28H33N5O4/c1-3-6-25-29-24(19(2)32-13-15-36-16-14-32)17-26(34)33(25)18-20-9-11-21(12-10-20)22-7-4-5-8-23(22)27-30-28(35)37-31-27/h4-5,7-12,17,19,28,35H,3,6,13-16,18H2,1-2H3,(H,30,31). The number of morpholine rings is 1. The van der Waals surface area contributed by atoms with Gasteiger partial charge in [0.1, 0.15) is 5.82 Å². The molecular weight excluding hydrogens is 470 g/mol. The van der Waals surface area contributed by atoms with E-state index in [4.69, 9.17) is 14.6 Å². The molecule has 0 aliphatic carbocycles. The van der Waals surface area contributed by atoms with E-state index < -0.39 is 6.41 Å². The number of benzene rings is 2. The van der Waals surface area contributed by atoms with Crippen LogP contribution in [0.1, 0.15) is 49.0 Å². The summed E-state index contributed by atoms with van der Waals surface area (Å²) < 4.78 is 7.27. The molecule has 2 N–H and O–H groups in total. The first-order chi connectivity index (χ1) is 18.0. The van der Waals surface area contributed by atoms with Gasteiger partial charge in [-0.05, 0) is 30.0 Å². The maximum absolute atomic E-state index is 13.3. The van der Waals surface area contributed by atoms with Gasteiger partial charge < -0.3 is 9.84 Å². The molecule has 9 nitrogen and oxygen atoms in total. The van der Waals surface area contributed by atoms with Crippen LogP contribution in [0.3, 0.4) is 0 Å². The second kappa shape index (κ2) is 11.4. The molecule has 0 amide bonds. The number of nitrogens with one attached hydrogen (secondary N) is 1. The van der Waals surface area contributed by atoms with Crippen LogP contribution in [0.25, 0.3) is 11.1 Å². The molecule has 194 valence electrons. The number of nitrogens with zero attached hydrogens (tertiary/aromatic N) is 4. The Balaban J connectivity index is 1.39. The highest BCUT2D eigenvalue weighted by atomic mass is 16.7. The Hall–Kier alpha value is -3.37. The summed E-state index contributed by atoms with van der Waals surface area (Å²) in [6, 6.07) is 17.7. The van der Waals surface area contributed by atoms with Crippen LogP contribution < -0.4 is 11.0 Å². The molecule has 0 spiro atoms. The monoisotopic (exact) mass is 503 g/mol. The molecule has 2 aliphatic heterocycles. The number of amidine groups is 1. The first-order valence-electron chi connectivity index (χ1n) is 12.8. The van der Waals surface area contributed by atoms with E-state index >= 15 is 0 Å². The lowest BCUT2D eigenvalue weighted by Gasteiger charge is -2.32. The van der Waals surface area contributed by atoms with Crippen LogP contribution in [-0.2, 0) is 22.5 Å². The third kappa shape index (κ3) is 5.65. The topological polar surface area (TPSA) is 101 Å². The van der Waals surface area contributed by atoms with E-state index in [0.717, 1.165) is 59.7 Å². The minimum absolute atomic E-state index is 0.0214. The van der Waals surface area contributed by atoms with Crippen molar-refractivity contribution in [1.29, 1.82) is 0 Å². The maximum atomic E-state index is 13.3. The van der Waals surface area contributed by atoms with E-state index in [-0.39, 0.29) is 11.6 Å². The molecule has 37 heavy (non-hydrogen) atoms. The van der Waals surface area contributed by atoms with E-state index in [0.29, 0.717) is 25.6 Å². The van der Waals surface area contributed by atoms with Gasteiger partial charge in [0, 0.05) is 37.2 Å². The molecular formula is C28H33N5O4. The zero-order valence-corrected chi connectivity index (χ0v) is 21.3. The van der Waals surface area contributed by atoms with Crippen LogP contribution in [-0.4, -0.2) is 58.1 Å². The smallest absolute Gasteiger partial charge is 0.280 e. The Labute approximate surface area is 216 Å². The van der Waals surface area contributed by atoms with Crippen molar-refractivity contribution in [3.63, 3.8) is 0 Å². The predicted octanol–water partition coefficient (Wildman–Crippen LogP) is 2.86. The van der Waals surface area contributed by atoms with Gasteiger partial charge >= 0.3 is 0 Å². The van der Waals surface area contributed by atoms with E-state index in [9.17, 15) is 9.90 Å². The molecule has 3 heterocycles. The minimum atomic E-state index is -1.21. The highest BCUT2D eigenvalue weighted by molar-refractivity contribution is 6.04. The summed E-state index contributed by atoms with van der Waals surface area (Å²) in [5.74, 6) is 1.31. The molecule has 2 aliphatic rings. The summed E-state index contributed by atoms with van der Waals surface area (Å²) in [4.78, 5) is 29.6. The number of aliphatic hydroxyl groups excluding tert-OH is 1. The van der Waals surface area contributed by atoms with Gasteiger partial charge in [-0.2, -0.15) is 0 Å². The van der Waals surface area contributed by atoms with E-state index in [2.05, 4.69) is 29.2 Å². The Morgan fingerprint density at radius 3 is 2.51 bits per heavy atom. The number of aliphatic imine (C=N–C) groups is 1. The molecule has 1 fully saturated rings. The van der Waals surface area contributed by atoms with Gasteiger partial charge in [0.15, 0.2) is 5.84 Å². The fourth-order valence-electron chi connectivity index (χ4n) is 4.83. The average molecular weight is 504 g/mol. The minimum Gasteiger partial charge on any atom is -0.379 e. The van der Waals surface area contributed by atoms with Crippen molar-refractivity contribution in [3.8, 4) is 11.1 Å². The van der Waals surface area contributed by atoms with Gasteiger partial charge in [-0.25, -0.2) is 20.3 Å². The molecule has 2 unspecified atom stereocenters. The largest absolute Gasteiger partial charge is 0.379 e. The van der Waals surface area contributed by atoms with E-state index in [1.807, 2.05) is 48.5 Å². The predicted molar refractivity (Wildman–Crippen MR) is 141 cm³/mol. The zero-order chi connectivity index (χ0) is 25.8. The van der Waals surface area contributed by atoms with Crippen LogP contribution in [0.15, 0.2) is 64.4 Å². The number of rotatable bonds is 8. The normalized spacial score (nSPS) is 18.9. The molecule has 0 bridgehead atoms. The number of ether oxygens (including phenoxy) is 1. The number of aromatic nitrogens is 2. The quantitative estimate of drug-likeness (QED) is 0.488. The van der Waals surface area contributed by atoms with Crippen molar-refractivity contribution in [2.45, 2.75) is 45.7 Å². The summed E-state index contributed by atoms with van der Waals surface area (Å²) in [5, 5.41) is 9.58. The van der Waals surface area contributed by atoms with Crippen molar-refractivity contribution in [2.24, 2.45) is 4.99 Å². The van der Waals surface area contributed by atoms with Crippen LogP contribution in [0.4, 0.5) is 0 Å². The van der Waals surface area contributed by atoms with Crippen molar-refractivity contribution in [2.75, 3.05) is 26.3 Å². The van der Waals surface area contributed by atoms with Crippen LogP contribution in [0, 0.1) is 0 Å². The summed E-state index contributed by atoms with van der Waals surface area (Å²) in [5.41, 5.74) is 7.31. The van der Waals surface area contributed by atoms with Gasteiger partial charge in [0.2, 0.25) is 0 Å². The summed E-state index contributed by atoms with van der Waals surface area (Å²) in [6.07, 6.45) is 0.444. The third-order valence-electron chi connectivity index (χ3n) is 6.89. The van der Waals surface area contributed by atoms with Crippen molar-refractivity contribution in [3.05, 3.63) is 87.6 Å². The van der Waals surface area contributed by atoms with Gasteiger partial charge in [0.25, 0.3) is 12.0 Å². The fraction of sp³-hybridized carbons (Fsp3) is 0.393. The number of hydrogen-bond donors (Lipinski definition) is 2. The second-order valence-corrected chi connectivity index (χ2v) is 9.36. The lowest BCUT2D eigenvalue weighted by molar-refractivity contribution is -0.102. The number of aryl methyl sites for hydroxylation is 1. The van der Waals surface area contributed by atoms with Gasteiger partial charge in [0.05, 0.1) is 25.5 Å². The van der Waals surface area contributed by atoms with Crippen LogP contribution in [0.5, 0.6) is 0 Å². The summed E-state index contributed by atoms with van der Waals surface area (Å²) >= 11 is 0. The van der Waals surface area contributed by atoms with Crippen LogP contribution in [0.2, 0.25) is 0 Å². The summed E-state index contributed by atoms with van der Waals surface area (Å²) in [7, 11) is 0. The average Bonchev–Trinajstić information content (AvgIpc) is 3.37. The molecule has 1 aromatic heterocycles. The molecule has 2 atom stereocenters. The van der Waals surface area contributed by atoms with E-state index in [1.165, 1.54) is 0 Å². The lowest BCUT2D eigenvalue weighted by Crippen LogP contribution is -2.39. The Morgan fingerprint density at radius 1 is 1.11 bits per heavy atom. The molecule has 0 saturated carbocycles. The number of aliphatic hydroxyl groups is 1. The Bertz CT molecular complexity index is 1310. The maximum Gasteiger partial charge on any atom is 0.280 e. The first-order valence-corrected chi connectivity index (χ1v) is 12.8. The van der Waals surface area contributed by atoms with Crippen molar-refractivity contribution >= 4 is 5.84 Å². The summed E-state index contributed by atoms with van der Waals surface area (Å²) in [6.45, 7) is 7.80. The molecule has 3 aromatic rings. The number of hydrogen-bond acceptors (Lipinski definition) is 8. The number of hydroxylamine groups is 1. The highest BCUT2D eigenvalue weighted by Crippen LogP contribution is 2.26. The molecule has 5 rings (SSSR count).